The molecule has 4 heteroatoms. The van der Waals surface area contributed by atoms with E-state index in [0.29, 0.717) is 18.9 Å². The first-order valence-electron chi connectivity index (χ1n) is 9.89. The van der Waals surface area contributed by atoms with E-state index >= 15 is 0 Å². The van der Waals surface area contributed by atoms with E-state index in [1.54, 1.807) is 0 Å². The summed E-state index contributed by atoms with van der Waals surface area (Å²) in [6.45, 7) is 8.21. The van der Waals surface area contributed by atoms with Crippen LogP contribution in [-0.4, -0.2) is 22.0 Å². The molecule has 0 aliphatic carbocycles. The van der Waals surface area contributed by atoms with Crippen LogP contribution in [0.3, 0.4) is 0 Å². The predicted octanol–water partition coefficient (Wildman–Crippen LogP) is 4.91. The first kappa shape index (κ1) is 17.8. The summed E-state index contributed by atoms with van der Waals surface area (Å²) in [5.74, 6) is 1.96. The number of benzene rings is 2. The van der Waals surface area contributed by atoms with E-state index < -0.39 is 0 Å². The molecule has 0 unspecified atom stereocenters. The number of aryl methyl sites for hydroxylation is 1. The fourth-order valence-corrected chi connectivity index (χ4v) is 4.02. The van der Waals surface area contributed by atoms with Crippen LogP contribution in [-0.2, 0) is 11.3 Å². The van der Waals surface area contributed by atoms with E-state index in [2.05, 4.69) is 49.6 Å². The maximum atomic E-state index is 12.8. The zero-order valence-electron chi connectivity index (χ0n) is 16.4. The van der Waals surface area contributed by atoms with Crippen LogP contribution in [0.1, 0.15) is 44.0 Å². The van der Waals surface area contributed by atoms with Crippen molar-refractivity contribution < 1.29 is 4.79 Å². The monoisotopic (exact) mass is 361 g/mol. The Morgan fingerprint density at radius 2 is 1.89 bits per heavy atom. The predicted molar refractivity (Wildman–Crippen MR) is 110 cm³/mol. The van der Waals surface area contributed by atoms with Crippen LogP contribution in [0.15, 0.2) is 48.5 Å². The summed E-state index contributed by atoms with van der Waals surface area (Å²) in [4.78, 5) is 19.7. The highest BCUT2D eigenvalue weighted by Gasteiger charge is 2.35. The number of carbonyl (C=O) groups excluding carboxylic acids is 1. The Bertz CT molecular complexity index is 975. The average Bonchev–Trinajstić information content (AvgIpc) is 3.23. The van der Waals surface area contributed by atoms with Gasteiger partial charge in [0.15, 0.2) is 0 Å². The molecule has 1 aliphatic rings. The number of imidazole rings is 1. The summed E-state index contributed by atoms with van der Waals surface area (Å²) in [5.41, 5.74) is 4.36. The van der Waals surface area contributed by atoms with Gasteiger partial charge in [-0.2, -0.15) is 0 Å². The Kier molecular flexibility index (Phi) is 4.73. The lowest BCUT2D eigenvalue weighted by molar-refractivity contribution is -0.117. The summed E-state index contributed by atoms with van der Waals surface area (Å²) in [5, 5.41) is 0. The molecule has 27 heavy (non-hydrogen) atoms. The molecular weight excluding hydrogens is 334 g/mol. The van der Waals surface area contributed by atoms with Crippen molar-refractivity contribution in [2.75, 3.05) is 11.4 Å². The van der Waals surface area contributed by atoms with Crippen LogP contribution in [0.2, 0.25) is 0 Å². The minimum atomic E-state index is 0.133. The number of para-hydroxylation sites is 3. The molecule has 1 aliphatic heterocycles. The van der Waals surface area contributed by atoms with Crippen molar-refractivity contribution in [1.82, 2.24) is 9.55 Å². The Morgan fingerprint density at radius 3 is 2.67 bits per heavy atom. The summed E-state index contributed by atoms with van der Waals surface area (Å²) in [7, 11) is 0. The third kappa shape index (κ3) is 3.25. The molecule has 1 fully saturated rings. The van der Waals surface area contributed by atoms with E-state index in [1.807, 2.05) is 29.2 Å². The van der Waals surface area contributed by atoms with E-state index in [0.717, 1.165) is 35.6 Å². The number of hydrogen-bond acceptors (Lipinski definition) is 2. The summed E-state index contributed by atoms with van der Waals surface area (Å²) < 4.78 is 2.35. The molecule has 0 radical (unpaired) electrons. The molecule has 140 valence electrons. The molecule has 4 nitrogen and oxygen atoms in total. The van der Waals surface area contributed by atoms with Gasteiger partial charge in [-0.1, -0.05) is 50.6 Å². The van der Waals surface area contributed by atoms with Gasteiger partial charge in [0.05, 0.1) is 11.0 Å². The molecule has 0 bridgehead atoms. The molecule has 0 saturated carbocycles. The molecule has 4 rings (SSSR count). The third-order valence-corrected chi connectivity index (χ3v) is 5.77. The van der Waals surface area contributed by atoms with E-state index in [-0.39, 0.29) is 11.8 Å². The van der Waals surface area contributed by atoms with Gasteiger partial charge in [0.1, 0.15) is 5.82 Å². The topological polar surface area (TPSA) is 38.1 Å². The molecule has 1 aromatic heterocycles. The molecule has 1 amide bonds. The number of aromatic nitrogens is 2. The molecule has 0 N–H and O–H groups in total. The van der Waals surface area contributed by atoms with Gasteiger partial charge in [0.25, 0.3) is 0 Å². The average molecular weight is 361 g/mol. The van der Waals surface area contributed by atoms with Gasteiger partial charge in [-0.15, -0.1) is 0 Å². The Morgan fingerprint density at radius 1 is 1.15 bits per heavy atom. The van der Waals surface area contributed by atoms with Crippen LogP contribution in [0, 0.1) is 12.8 Å². The Labute approximate surface area is 160 Å². The molecule has 3 aromatic rings. The zero-order chi connectivity index (χ0) is 19.0. The molecular formula is C23H27N3O. The van der Waals surface area contributed by atoms with Gasteiger partial charge < -0.3 is 9.47 Å². The van der Waals surface area contributed by atoms with Crippen molar-refractivity contribution >= 4 is 22.6 Å². The van der Waals surface area contributed by atoms with Gasteiger partial charge in [-0.3, -0.25) is 4.79 Å². The second kappa shape index (κ2) is 7.18. The normalized spacial score (nSPS) is 18.4. The lowest BCUT2D eigenvalue weighted by atomic mass is 10.1. The number of anilines is 1. The number of carbonyl (C=O) groups is 1. The van der Waals surface area contributed by atoms with Crippen molar-refractivity contribution in [3.63, 3.8) is 0 Å². The SMILES string of the molecule is CC[C@@H](C)Cn1c([C@@H]2CC(=O)N(c3ccccc3C)C2)nc2ccccc21. The van der Waals surface area contributed by atoms with Crippen LogP contribution in [0.25, 0.3) is 11.0 Å². The number of fused-ring (bicyclic) bond motifs is 1. The maximum Gasteiger partial charge on any atom is 0.227 e. The molecule has 2 aromatic carbocycles. The zero-order valence-corrected chi connectivity index (χ0v) is 16.4. The van der Waals surface area contributed by atoms with Crippen molar-refractivity contribution in [2.45, 2.75) is 46.1 Å². The highest BCUT2D eigenvalue weighted by Crippen LogP contribution is 2.34. The third-order valence-electron chi connectivity index (χ3n) is 5.77. The fourth-order valence-electron chi connectivity index (χ4n) is 4.02. The summed E-state index contributed by atoms with van der Waals surface area (Å²) in [6.07, 6.45) is 1.66. The summed E-state index contributed by atoms with van der Waals surface area (Å²) in [6, 6.07) is 16.4. The molecule has 2 atom stereocenters. The second-order valence-corrected chi connectivity index (χ2v) is 7.77. The second-order valence-electron chi connectivity index (χ2n) is 7.77. The minimum Gasteiger partial charge on any atom is -0.327 e. The quantitative estimate of drug-likeness (QED) is 0.647. The van der Waals surface area contributed by atoms with Gasteiger partial charge in [0, 0.05) is 31.1 Å². The Hall–Kier alpha value is -2.62. The van der Waals surface area contributed by atoms with E-state index in [1.165, 1.54) is 5.52 Å². The number of hydrogen-bond donors (Lipinski definition) is 0. The van der Waals surface area contributed by atoms with Gasteiger partial charge in [-0.25, -0.2) is 4.98 Å². The molecule has 2 heterocycles. The lowest BCUT2D eigenvalue weighted by Gasteiger charge is -2.20. The van der Waals surface area contributed by atoms with Crippen LogP contribution in [0.4, 0.5) is 5.69 Å². The Balaban J connectivity index is 1.71. The van der Waals surface area contributed by atoms with Crippen LogP contribution in [0.5, 0.6) is 0 Å². The van der Waals surface area contributed by atoms with E-state index in [9.17, 15) is 4.79 Å². The molecule has 1 saturated heterocycles. The number of amides is 1. The first-order chi connectivity index (χ1) is 13.1. The molecule has 0 spiro atoms. The van der Waals surface area contributed by atoms with Crippen molar-refractivity contribution in [3.8, 4) is 0 Å². The van der Waals surface area contributed by atoms with Crippen LogP contribution < -0.4 is 4.90 Å². The minimum absolute atomic E-state index is 0.133. The van der Waals surface area contributed by atoms with Crippen molar-refractivity contribution in [3.05, 3.63) is 59.9 Å². The maximum absolute atomic E-state index is 12.8. The van der Waals surface area contributed by atoms with Crippen molar-refractivity contribution in [1.29, 1.82) is 0 Å². The highest BCUT2D eigenvalue weighted by atomic mass is 16.2. The van der Waals surface area contributed by atoms with Crippen molar-refractivity contribution in [2.24, 2.45) is 5.92 Å². The van der Waals surface area contributed by atoms with E-state index in [4.69, 9.17) is 4.98 Å². The van der Waals surface area contributed by atoms with Gasteiger partial charge in [0.2, 0.25) is 5.91 Å². The van der Waals surface area contributed by atoms with Crippen LogP contribution >= 0.6 is 0 Å². The number of nitrogens with zero attached hydrogens (tertiary/aromatic N) is 3. The number of rotatable bonds is 5. The van der Waals surface area contributed by atoms with Gasteiger partial charge >= 0.3 is 0 Å². The smallest absolute Gasteiger partial charge is 0.227 e. The summed E-state index contributed by atoms with van der Waals surface area (Å²) >= 11 is 0. The largest absolute Gasteiger partial charge is 0.327 e. The standard InChI is InChI=1S/C23H27N3O/c1-4-16(2)14-26-21-12-8-6-10-19(21)24-23(26)18-13-22(27)25(15-18)20-11-7-5-9-17(20)3/h5-12,16,18H,4,13-15H2,1-3H3/t16-,18-/m1/s1. The van der Waals surface area contributed by atoms with Gasteiger partial charge in [-0.05, 0) is 36.6 Å². The highest BCUT2D eigenvalue weighted by molar-refractivity contribution is 5.97. The lowest BCUT2D eigenvalue weighted by Crippen LogP contribution is -2.25. The first-order valence-corrected chi connectivity index (χ1v) is 9.89. The fraction of sp³-hybridized carbons (Fsp3) is 0.391.